The summed E-state index contributed by atoms with van der Waals surface area (Å²) >= 11 is 0. The van der Waals surface area contributed by atoms with Gasteiger partial charge >= 0.3 is 6.18 Å². The first-order valence-electron chi connectivity index (χ1n) is 8.67. The van der Waals surface area contributed by atoms with Crippen molar-refractivity contribution in [2.75, 3.05) is 26.2 Å². The van der Waals surface area contributed by atoms with Crippen LogP contribution in [0.4, 0.5) is 13.2 Å². The van der Waals surface area contributed by atoms with E-state index < -0.39 is 11.7 Å². The maximum atomic E-state index is 13.1. The normalized spacial score (nSPS) is 22.9. The number of piperazine rings is 1. The molecule has 2 aliphatic rings. The van der Waals surface area contributed by atoms with E-state index in [2.05, 4.69) is 10.2 Å². The molecular formula is C18H25F3N2. The van der Waals surface area contributed by atoms with Crippen LogP contribution in [0.1, 0.15) is 49.3 Å². The molecule has 1 atom stereocenters. The Hall–Kier alpha value is -1.07. The fraction of sp³-hybridized carbons (Fsp3) is 0.667. The van der Waals surface area contributed by atoms with Crippen LogP contribution in [0.5, 0.6) is 0 Å². The highest BCUT2D eigenvalue weighted by Crippen LogP contribution is 2.40. The third kappa shape index (κ3) is 4.07. The largest absolute Gasteiger partial charge is 0.416 e. The summed E-state index contributed by atoms with van der Waals surface area (Å²) in [5, 5.41) is 3.34. The number of alkyl halides is 3. The van der Waals surface area contributed by atoms with Crippen molar-refractivity contribution in [2.45, 2.75) is 44.3 Å². The summed E-state index contributed by atoms with van der Waals surface area (Å²) in [4.78, 5) is 2.39. The minimum atomic E-state index is -4.27. The van der Waals surface area contributed by atoms with Gasteiger partial charge in [0.05, 0.1) is 5.56 Å². The molecule has 0 amide bonds. The first kappa shape index (κ1) is 16.8. The Bertz CT molecular complexity index is 485. The van der Waals surface area contributed by atoms with E-state index in [1.165, 1.54) is 31.4 Å². The van der Waals surface area contributed by atoms with Gasteiger partial charge in [0.15, 0.2) is 0 Å². The van der Waals surface area contributed by atoms with Crippen molar-refractivity contribution in [3.8, 4) is 0 Å². The van der Waals surface area contributed by atoms with E-state index in [0.717, 1.165) is 44.6 Å². The van der Waals surface area contributed by atoms with Crippen LogP contribution in [0.25, 0.3) is 0 Å². The van der Waals surface area contributed by atoms with Crippen LogP contribution < -0.4 is 5.32 Å². The maximum absolute atomic E-state index is 13.1. The van der Waals surface area contributed by atoms with Gasteiger partial charge in [-0.3, -0.25) is 4.90 Å². The van der Waals surface area contributed by atoms with Crippen molar-refractivity contribution in [3.63, 3.8) is 0 Å². The second-order valence-corrected chi connectivity index (χ2v) is 6.75. The topological polar surface area (TPSA) is 15.3 Å². The predicted octanol–water partition coefficient (Wildman–Crippen LogP) is 4.23. The van der Waals surface area contributed by atoms with Crippen molar-refractivity contribution in [1.29, 1.82) is 0 Å². The van der Waals surface area contributed by atoms with Crippen LogP contribution in [0, 0.1) is 5.92 Å². The molecule has 3 rings (SSSR count). The Morgan fingerprint density at radius 1 is 1.04 bits per heavy atom. The summed E-state index contributed by atoms with van der Waals surface area (Å²) < 4.78 is 39.3. The Labute approximate surface area is 136 Å². The Kier molecular flexibility index (Phi) is 5.27. The molecule has 1 aliphatic carbocycles. The summed E-state index contributed by atoms with van der Waals surface area (Å²) in [5.74, 6) is 0.477. The lowest BCUT2D eigenvalue weighted by Gasteiger charge is -2.41. The number of hydrogen-bond donors (Lipinski definition) is 1. The lowest BCUT2D eigenvalue weighted by atomic mass is 9.80. The molecule has 1 heterocycles. The van der Waals surface area contributed by atoms with Crippen molar-refractivity contribution in [1.82, 2.24) is 10.2 Å². The van der Waals surface area contributed by atoms with Gasteiger partial charge in [0, 0.05) is 32.2 Å². The summed E-state index contributed by atoms with van der Waals surface area (Å²) in [6.45, 7) is 3.67. The van der Waals surface area contributed by atoms with Crippen molar-refractivity contribution in [3.05, 3.63) is 35.4 Å². The number of nitrogens with one attached hydrogen (secondary N) is 1. The number of benzene rings is 1. The third-order valence-corrected chi connectivity index (χ3v) is 5.20. The van der Waals surface area contributed by atoms with Crippen molar-refractivity contribution in [2.24, 2.45) is 5.92 Å². The van der Waals surface area contributed by atoms with Crippen molar-refractivity contribution >= 4 is 0 Å². The average molecular weight is 326 g/mol. The van der Waals surface area contributed by atoms with Crippen LogP contribution in [-0.4, -0.2) is 31.1 Å². The summed E-state index contributed by atoms with van der Waals surface area (Å²) in [5.41, 5.74) is 0.319. The molecule has 23 heavy (non-hydrogen) atoms. The number of rotatable bonds is 3. The lowest BCUT2D eigenvalue weighted by Crippen LogP contribution is -2.47. The van der Waals surface area contributed by atoms with Gasteiger partial charge < -0.3 is 5.32 Å². The van der Waals surface area contributed by atoms with Gasteiger partial charge in [-0.15, -0.1) is 0 Å². The zero-order valence-electron chi connectivity index (χ0n) is 13.4. The summed E-state index contributed by atoms with van der Waals surface area (Å²) in [6.07, 6.45) is 1.65. The smallest absolute Gasteiger partial charge is 0.314 e. The highest BCUT2D eigenvalue weighted by Gasteiger charge is 2.34. The molecule has 1 aromatic carbocycles. The number of hydrogen-bond acceptors (Lipinski definition) is 2. The monoisotopic (exact) mass is 326 g/mol. The SMILES string of the molecule is FC(F)(F)c1cccc([C@@H](C2CCCCC2)N2CCNCC2)c1. The Balaban J connectivity index is 1.90. The Morgan fingerprint density at radius 2 is 1.74 bits per heavy atom. The maximum Gasteiger partial charge on any atom is 0.416 e. The molecule has 0 radical (unpaired) electrons. The van der Waals surface area contributed by atoms with Crippen LogP contribution in [0.3, 0.4) is 0 Å². The second-order valence-electron chi connectivity index (χ2n) is 6.75. The molecule has 1 aliphatic heterocycles. The third-order valence-electron chi connectivity index (χ3n) is 5.20. The zero-order chi connectivity index (χ0) is 16.3. The summed E-state index contributed by atoms with van der Waals surface area (Å²) in [7, 11) is 0. The van der Waals surface area contributed by atoms with Gasteiger partial charge in [-0.05, 0) is 36.5 Å². The molecule has 2 nitrogen and oxygen atoms in total. The van der Waals surface area contributed by atoms with E-state index in [1.54, 1.807) is 6.07 Å². The molecular weight excluding hydrogens is 301 g/mol. The molecule has 5 heteroatoms. The predicted molar refractivity (Wildman–Crippen MR) is 85.2 cm³/mol. The van der Waals surface area contributed by atoms with Crippen LogP contribution in [0.2, 0.25) is 0 Å². The fourth-order valence-electron chi connectivity index (χ4n) is 4.09. The molecule has 128 valence electrons. The molecule has 2 fully saturated rings. The van der Waals surface area contributed by atoms with E-state index in [-0.39, 0.29) is 6.04 Å². The minimum Gasteiger partial charge on any atom is -0.314 e. The van der Waals surface area contributed by atoms with Crippen LogP contribution in [0.15, 0.2) is 24.3 Å². The van der Waals surface area contributed by atoms with Gasteiger partial charge in [0.1, 0.15) is 0 Å². The molecule has 1 aromatic rings. The standard InChI is InChI=1S/C18H25F3N2/c19-18(20,21)16-8-4-7-15(13-16)17(14-5-2-1-3-6-14)23-11-9-22-10-12-23/h4,7-8,13-14,17,22H,1-3,5-6,9-12H2/t17-/m1/s1. The highest BCUT2D eigenvalue weighted by molar-refractivity contribution is 5.29. The second kappa shape index (κ2) is 7.22. The molecule has 0 unspecified atom stereocenters. The molecule has 0 aromatic heterocycles. The minimum absolute atomic E-state index is 0.125. The summed E-state index contributed by atoms with van der Waals surface area (Å²) in [6, 6.07) is 6.13. The van der Waals surface area contributed by atoms with E-state index in [4.69, 9.17) is 0 Å². The van der Waals surface area contributed by atoms with Gasteiger partial charge in [0.2, 0.25) is 0 Å². The van der Waals surface area contributed by atoms with E-state index >= 15 is 0 Å². The van der Waals surface area contributed by atoms with E-state index in [0.29, 0.717) is 5.92 Å². The van der Waals surface area contributed by atoms with E-state index in [1.807, 2.05) is 6.07 Å². The lowest BCUT2D eigenvalue weighted by molar-refractivity contribution is -0.137. The van der Waals surface area contributed by atoms with Crippen LogP contribution >= 0.6 is 0 Å². The highest BCUT2D eigenvalue weighted by atomic mass is 19.4. The molecule has 0 spiro atoms. The first-order chi connectivity index (χ1) is 11.1. The molecule has 1 saturated carbocycles. The fourth-order valence-corrected chi connectivity index (χ4v) is 4.09. The Morgan fingerprint density at radius 3 is 2.39 bits per heavy atom. The van der Waals surface area contributed by atoms with Crippen molar-refractivity contribution < 1.29 is 13.2 Å². The quantitative estimate of drug-likeness (QED) is 0.894. The van der Waals surface area contributed by atoms with Gasteiger partial charge in [-0.1, -0.05) is 31.4 Å². The average Bonchev–Trinajstić information content (AvgIpc) is 2.57. The molecule has 1 N–H and O–H groups in total. The van der Waals surface area contributed by atoms with Gasteiger partial charge in [-0.25, -0.2) is 0 Å². The van der Waals surface area contributed by atoms with Crippen LogP contribution in [-0.2, 0) is 6.18 Å². The van der Waals surface area contributed by atoms with Gasteiger partial charge in [0.25, 0.3) is 0 Å². The molecule has 1 saturated heterocycles. The van der Waals surface area contributed by atoms with Gasteiger partial charge in [-0.2, -0.15) is 13.2 Å². The first-order valence-corrected chi connectivity index (χ1v) is 8.67. The molecule has 0 bridgehead atoms. The number of nitrogens with zero attached hydrogens (tertiary/aromatic N) is 1. The zero-order valence-corrected chi connectivity index (χ0v) is 13.4. The number of halogens is 3. The van der Waals surface area contributed by atoms with E-state index in [9.17, 15) is 13.2 Å².